The number of thioether (sulfide) groups is 1. The molecular formula is C14H17NS. The van der Waals surface area contributed by atoms with Crippen LogP contribution in [0.2, 0.25) is 0 Å². The highest BCUT2D eigenvalue weighted by molar-refractivity contribution is 8.00. The largest absolute Gasteiger partial charge is 0.373 e. The highest BCUT2D eigenvalue weighted by Crippen LogP contribution is 2.37. The van der Waals surface area contributed by atoms with Crippen molar-refractivity contribution >= 4 is 17.4 Å². The molecule has 1 aliphatic rings. The summed E-state index contributed by atoms with van der Waals surface area (Å²) < 4.78 is 0. The number of para-hydroxylation sites is 1. The van der Waals surface area contributed by atoms with Crippen molar-refractivity contribution in [3.63, 3.8) is 0 Å². The molecule has 0 atom stereocenters. The summed E-state index contributed by atoms with van der Waals surface area (Å²) in [6.07, 6.45) is 10.8. The molecule has 0 saturated heterocycles. The minimum absolute atomic E-state index is 0.599. The van der Waals surface area contributed by atoms with Gasteiger partial charge in [0.25, 0.3) is 0 Å². The van der Waals surface area contributed by atoms with Crippen molar-refractivity contribution in [2.45, 2.75) is 35.8 Å². The second-order valence-corrected chi connectivity index (χ2v) is 5.42. The smallest absolute Gasteiger partial charge is 0.0763 e. The molecule has 0 aromatic heterocycles. The number of benzene rings is 1. The Morgan fingerprint density at radius 3 is 2.81 bits per heavy atom. The van der Waals surface area contributed by atoms with Gasteiger partial charge in [0.15, 0.2) is 0 Å². The number of anilines is 1. The Morgan fingerprint density at radius 1 is 1.31 bits per heavy atom. The first-order valence-corrected chi connectivity index (χ1v) is 6.71. The second-order valence-electron chi connectivity index (χ2n) is 4.08. The topological polar surface area (TPSA) is 12.0 Å². The van der Waals surface area contributed by atoms with Gasteiger partial charge in [-0.1, -0.05) is 30.9 Å². The van der Waals surface area contributed by atoms with E-state index in [0.717, 1.165) is 5.25 Å². The average Bonchev–Trinajstić information content (AvgIpc) is 2.81. The Morgan fingerprint density at radius 2 is 2.06 bits per heavy atom. The molecule has 0 heterocycles. The second kappa shape index (κ2) is 5.86. The van der Waals surface area contributed by atoms with E-state index in [2.05, 4.69) is 35.5 Å². The Bertz CT molecular complexity index is 375. The number of hydrogen-bond donors (Lipinski definition) is 1. The molecule has 2 rings (SSSR count). The van der Waals surface area contributed by atoms with Gasteiger partial charge in [-0.15, -0.1) is 18.2 Å². The van der Waals surface area contributed by atoms with E-state index in [1.807, 2.05) is 11.8 Å². The molecule has 1 aliphatic carbocycles. The first-order valence-electron chi connectivity index (χ1n) is 5.83. The zero-order valence-electron chi connectivity index (χ0n) is 9.41. The maximum Gasteiger partial charge on any atom is 0.0763 e. The van der Waals surface area contributed by atoms with Crippen LogP contribution in [0.15, 0.2) is 29.2 Å². The lowest BCUT2D eigenvalue weighted by molar-refractivity contribution is 0.886. The molecule has 16 heavy (non-hydrogen) atoms. The molecule has 0 amide bonds. The van der Waals surface area contributed by atoms with Crippen LogP contribution in [0.5, 0.6) is 0 Å². The predicted molar refractivity (Wildman–Crippen MR) is 71.9 cm³/mol. The van der Waals surface area contributed by atoms with Crippen molar-refractivity contribution in [2.24, 2.45) is 0 Å². The summed E-state index contributed by atoms with van der Waals surface area (Å²) in [4.78, 5) is 1.34. The quantitative estimate of drug-likeness (QED) is 0.792. The third kappa shape index (κ3) is 2.96. The molecule has 0 radical (unpaired) electrons. The molecule has 0 aliphatic heterocycles. The summed E-state index contributed by atoms with van der Waals surface area (Å²) in [5, 5.41) is 4.08. The van der Waals surface area contributed by atoms with Gasteiger partial charge in [-0.2, -0.15) is 0 Å². The van der Waals surface area contributed by atoms with E-state index in [4.69, 9.17) is 6.42 Å². The fourth-order valence-corrected chi connectivity index (χ4v) is 3.40. The summed E-state index contributed by atoms with van der Waals surface area (Å²) in [5.74, 6) is 2.62. The molecule has 1 saturated carbocycles. The lowest BCUT2D eigenvalue weighted by Gasteiger charge is -2.13. The Hall–Kier alpha value is -1.07. The third-order valence-electron chi connectivity index (χ3n) is 2.86. The number of hydrogen-bond acceptors (Lipinski definition) is 2. The van der Waals surface area contributed by atoms with E-state index in [1.165, 1.54) is 36.3 Å². The molecule has 1 aromatic rings. The molecule has 1 fully saturated rings. The lowest BCUT2D eigenvalue weighted by Crippen LogP contribution is -2.01. The van der Waals surface area contributed by atoms with Crippen LogP contribution < -0.4 is 5.32 Å². The molecule has 0 spiro atoms. The molecular weight excluding hydrogens is 214 g/mol. The van der Waals surface area contributed by atoms with Gasteiger partial charge in [0.2, 0.25) is 0 Å². The van der Waals surface area contributed by atoms with Crippen molar-refractivity contribution < 1.29 is 0 Å². The molecule has 1 nitrogen and oxygen atoms in total. The van der Waals surface area contributed by atoms with Gasteiger partial charge in [0.05, 0.1) is 6.54 Å². The van der Waals surface area contributed by atoms with Crippen LogP contribution in [0.1, 0.15) is 25.7 Å². The summed E-state index contributed by atoms with van der Waals surface area (Å²) in [6.45, 7) is 0.599. The van der Waals surface area contributed by atoms with Crippen LogP contribution in [0.3, 0.4) is 0 Å². The lowest BCUT2D eigenvalue weighted by atomic mass is 10.3. The van der Waals surface area contributed by atoms with Crippen molar-refractivity contribution in [3.8, 4) is 12.3 Å². The summed E-state index contributed by atoms with van der Waals surface area (Å²) in [6, 6.07) is 8.44. The standard InChI is InChI=1S/C14H17NS/c1-2-11-15-13-9-5-6-10-14(13)16-12-7-3-4-8-12/h1,5-6,9-10,12,15H,3-4,7-8,11H2. The van der Waals surface area contributed by atoms with Gasteiger partial charge >= 0.3 is 0 Å². The van der Waals surface area contributed by atoms with Gasteiger partial charge in [0.1, 0.15) is 0 Å². The fraction of sp³-hybridized carbons (Fsp3) is 0.429. The van der Waals surface area contributed by atoms with Crippen molar-refractivity contribution in [1.29, 1.82) is 0 Å². The van der Waals surface area contributed by atoms with Gasteiger partial charge in [-0.25, -0.2) is 0 Å². The average molecular weight is 231 g/mol. The van der Waals surface area contributed by atoms with Crippen molar-refractivity contribution in [2.75, 3.05) is 11.9 Å². The molecule has 0 bridgehead atoms. The van der Waals surface area contributed by atoms with E-state index in [-0.39, 0.29) is 0 Å². The molecule has 84 valence electrons. The maximum atomic E-state index is 5.27. The minimum Gasteiger partial charge on any atom is -0.373 e. The number of rotatable bonds is 4. The first-order chi connectivity index (χ1) is 7.90. The Kier molecular flexibility index (Phi) is 4.18. The summed E-state index contributed by atoms with van der Waals surface area (Å²) >= 11 is 2.00. The third-order valence-corrected chi connectivity index (χ3v) is 4.28. The molecule has 1 N–H and O–H groups in total. The van der Waals surface area contributed by atoms with Crippen LogP contribution in [0.4, 0.5) is 5.69 Å². The molecule has 0 unspecified atom stereocenters. The number of nitrogens with one attached hydrogen (secondary N) is 1. The molecule has 1 aromatic carbocycles. The zero-order valence-corrected chi connectivity index (χ0v) is 10.2. The van der Waals surface area contributed by atoms with Gasteiger partial charge in [0, 0.05) is 15.8 Å². The van der Waals surface area contributed by atoms with Crippen LogP contribution in [0, 0.1) is 12.3 Å². The zero-order chi connectivity index (χ0) is 11.2. The van der Waals surface area contributed by atoms with Crippen molar-refractivity contribution in [3.05, 3.63) is 24.3 Å². The van der Waals surface area contributed by atoms with E-state index < -0.39 is 0 Å². The Labute approximate surface area is 102 Å². The number of terminal acetylenes is 1. The van der Waals surface area contributed by atoms with Gasteiger partial charge in [-0.3, -0.25) is 0 Å². The van der Waals surface area contributed by atoms with Crippen molar-refractivity contribution in [1.82, 2.24) is 0 Å². The van der Waals surface area contributed by atoms with E-state index in [9.17, 15) is 0 Å². The highest BCUT2D eigenvalue weighted by atomic mass is 32.2. The molecule has 2 heteroatoms. The van der Waals surface area contributed by atoms with Crippen LogP contribution in [-0.2, 0) is 0 Å². The highest BCUT2D eigenvalue weighted by Gasteiger charge is 2.17. The summed E-state index contributed by atoms with van der Waals surface area (Å²) in [7, 11) is 0. The van der Waals surface area contributed by atoms with Crippen LogP contribution in [-0.4, -0.2) is 11.8 Å². The first kappa shape index (κ1) is 11.4. The van der Waals surface area contributed by atoms with Gasteiger partial charge < -0.3 is 5.32 Å². The van der Waals surface area contributed by atoms with Crippen LogP contribution in [0.25, 0.3) is 0 Å². The predicted octanol–water partition coefficient (Wildman–Crippen LogP) is 3.77. The van der Waals surface area contributed by atoms with E-state index in [0.29, 0.717) is 6.54 Å². The summed E-state index contributed by atoms with van der Waals surface area (Å²) in [5.41, 5.74) is 1.18. The Balaban J connectivity index is 2.03. The van der Waals surface area contributed by atoms with Crippen LogP contribution >= 0.6 is 11.8 Å². The van der Waals surface area contributed by atoms with E-state index >= 15 is 0 Å². The van der Waals surface area contributed by atoms with Gasteiger partial charge in [-0.05, 0) is 25.0 Å². The maximum absolute atomic E-state index is 5.27. The SMILES string of the molecule is C#CCNc1ccccc1SC1CCCC1. The van der Waals surface area contributed by atoms with E-state index in [1.54, 1.807) is 0 Å². The normalized spacial score (nSPS) is 15.9. The fourth-order valence-electron chi connectivity index (χ4n) is 2.05. The monoisotopic (exact) mass is 231 g/mol. The minimum atomic E-state index is 0.599.